The van der Waals surface area contributed by atoms with Gasteiger partial charge in [-0.3, -0.25) is 4.90 Å². The molecule has 2 saturated heterocycles. The molecule has 0 aromatic rings. The Bertz CT molecular complexity index is 224. The summed E-state index contributed by atoms with van der Waals surface area (Å²) in [5.74, 6) is 0. The molecule has 0 aliphatic carbocycles. The molecule has 1 N–H and O–H groups in total. The van der Waals surface area contributed by atoms with Crippen molar-refractivity contribution in [3.8, 4) is 0 Å². The van der Waals surface area contributed by atoms with Crippen LogP contribution < -0.4 is 5.32 Å². The van der Waals surface area contributed by atoms with Gasteiger partial charge in [0, 0.05) is 18.6 Å². The summed E-state index contributed by atoms with van der Waals surface area (Å²) < 4.78 is 5.78. The van der Waals surface area contributed by atoms with E-state index < -0.39 is 0 Å². The number of ether oxygens (including phenoxy) is 1. The number of rotatable bonds is 4. The Balaban J connectivity index is 1.73. The first-order chi connectivity index (χ1) is 8.19. The fraction of sp³-hybridized carbons (Fsp3) is 1.00. The van der Waals surface area contributed by atoms with Crippen molar-refractivity contribution >= 4 is 0 Å². The fourth-order valence-electron chi connectivity index (χ4n) is 3.42. The molecule has 2 rings (SSSR count). The highest BCUT2D eigenvalue weighted by Crippen LogP contribution is 2.20. The van der Waals surface area contributed by atoms with Gasteiger partial charge in [-0.25, -0.2) is 0 Å². The first-order valence-corrected chi connectivity index (χ1v) is 7.32. The first kappa shape index (κ1) is 13.3. The van der Waals surface area contributed by atoms with E-state index in [2.05, 4.69) is 31.0 Å². The van der Waals surface area contributed by atoms with Crippen molar-refractivity contribution in [3.05, 3.63) is 0 Å². The van der Waals surface area contributed by atoms with Crippen LogP contribution in [0.3, 0.4) is 0 Å². The highest BCUT2D eigenvalue weighted by molar-refractivity contribution is 4.84. The number of hydrogen-bond acceptors (Lipinski definition) is 3. The van der Waals surface area contributed by atoms with Crippen LogP contribution in [0.15, 0.2) is 0 Å². The quantitative estimate of drug-likeness (QED) is 0.813. The largest absolute Gasteiger partial charge is 0.375 e. The fourth-order valence-corrected chi connectivity index (χ4v) is 3.42. The molecule has 2 aliphatic heterocycles. The molecule has 2 fully saturated rings. The van der Waals surface area contributed by atoms with Crippen LogP contribution in [0.4, 0.5) is 0 Å². The second-order valence-corrected chi connectivity index (χ2v) is 5.76. The second kappa shape index (κ2) is 6.17. The van der Waals surface area contributed by atoms with E-state index in [4.69, 9.17) is 4.74 Å². The minimum Gasteiger partial charge on any atom is -0.375 e. The predicted octanol–water partition coefficient (Wildman–Crippen LogP) is 2.02. The zero-order valence-corrected chi connectivity index (χ0v) is 11.6. The third-order valence-electron chi connectivity index (χ3n) is 4.24. The van der Waals surface area contributed by atoms with Gasteiger partial charge in [-0.2, -0.15) is 0 Å². The van der Waals surface area contributed by atoms with E-state index in [1.165, 1.54) is 38.8 Å². The molecule has 0 amide bonds. The zero-order chi connectivity index (χ0) is 12.3. The number of likely N-dealkylation sites (tertiary alicyclic amines) is 1. The predicted molar refractivity (Wildman–Crippen MR) is 71.3 cm³/mol. The van der Waals surface area contributed by atoms with Crippen LogP contribution in [0.5, 0.6) is 0 Å². The van der Waals surface area contributed by atoms with Gasteiger partial charge in [0.1, 0.15) is 0 Å². The molecule has 0 bridgehead atoms. The van der Waals surface area contributed by atoms with Gasteiger partial charge in [-0.15, -0.1) is 0 Å². The number of nitrogens with one attached hydrogen (secondary N) is 1. The Kier molecular flexibility index (Phi) is 4.83. The standard InChI is InChI=1S/C14H28N2O/c1-4-16-7-5-6-14(16)10-15-13-8-11(2)17-12(3)9-13/h11-15H,4-10H2,1-3H3. The van der Waals surface area contributed by atoms with E-state index >= 15 is 0 Å². The van der Waals surface area contributed by atoms with Crippen molar-refractivity contribution in [1.82, 2.24) is 10.2 Å². The van der Waals surface area contributed by atoms with Crippen molar-refractivity contribution in [1.29, 1.82) is 0 Å². The summed E-state index contributed by atoms with van der Waals surface area (Å²) in [6.07, 6.45) is 5.92. The van der Waals surface area contributed by atoms with Crippen molar-refractivity contribution in [2.24, 2.45) is 0 Å². The highest BCUT2D eigenvalue weighted by Gasteiger charge is 2.27. The summed E-state index contributed by atoms with van der Waals surface area (Å²) in [5.41, 5.74) is 0. The summed E-state index contributed by atoms with van der Waals surface area (Å²) in [4.78, 5) is 2.61. The third kappa shape index (κ3) is 3.67. The van der Waals surface area contributed by atoms with E-state index in [0.29, 0.717) is 18.2 Å². The number of likely N-dealkylation sites (N-methyl/N-ethyl adjacent to an activating group) is 1. The van der Waals surface area contributed by atoms with Gasteiger partial charge in [0.05, 0.1) is 12.2 Å². The second-order valence-electron chi connectivity index (χ2n) is 5.76. The SMILES string of the molecule is CCN1CCCC1CNC1CC(C)OC(C)C1. The van der Waals surface area contributed by atoms with Gasteiger partial charge in [-0.1, -0.05) is 6.92 Å². The molecule has 17 heavy (non-hydrogen) atoms. The van der Waals surface area contributed by atoms with Crippen molar-refractivity contribution in [2.45, 2.75) is 70.7 Å². The van der Waals surface area contributed by atoms with Gasteiger partial charge in [0.2, 0.25) is 0 Å². The Labute approximate surface area is 106 Å². The summed E-state index contributed by atoms with van der Waals surface area (Å²) in [6, 6.07) is 1.43. The Morgan fingerprint density at radius 2 is 1.94 bits per heavy atom. The minimum atomic E-state index is 0.419. The molecule has 0 aromatic heterocycles. The Morgan fingerprint density at radius 3 is 2.59 bits per heavy atom. The van der Waals surface area contributed by atoms with Gasteiger partial charge in [-0.05, 0) is 52.6 Å². The third-order valence-corrected chi connectivity index (χ3v) is 4.24. The maximum absolute atomic E-state index is 5.78. The summed E-state index contributed by atoms with van der Waals surface area (Å²) in [5, 5.41) is 3.77. The molecule has 2 heterocycles. The van der Waals surface area contributed by atoms with Gasteiger partial charge >= 0.3 is 0 Å². The van der Waals surface area contributed by atoms with Crippen LogP contribution in [-0.2, 0) is 4.74 Å². The normalized spacial score (nSPS) is 39.7. The molecular weight excluding hydrogens is 212 g/mol. The molecule has 0 saturated carbocycles. The van der Waals surface area contributed by atoms with Crippen LogP contribution in [0.25, 0.3) is 0 Å². The molecule has 0 aromatic carbocycles. The van der Waals surface area contributed by atoms with Crippen LogP contribution in [0.1, 0.15) is 46.5 Å². The van der Waals surface area contributed by atoms with Crippen LogP contribution in [-0.4, -0.2) is 48.8 Å². The summed E-state index contributed by atoms with van der Waals surface area (Å²) in [7, 11) is 0. The number of hydrogen-bond donors (Lipinski definition) is 1. The zero-order valence-electron chi connectivity index (χ0n) is 11.6. The Hall–Kier alpha value is -0.120. The van der Waals surface area contributed by atoms with Gasteiger partial charge < -0.3 is 10.1 Å². The molecular formula is C14H28N2O. The lowest BCUT2D eigenvalue weighted by molar-refractivity contribution is -0.0425. The molecule has 3 unspecified atom stereocenters. The molecule has 2 aliphatic rings. The first-order valence-electron chi connectivity index (χ1n) is 7.32. The van der Waals surface area contributed by atoms with E-state index in [9.17, 15) is 0 Å². The lowest BCUT2D eigenvalue weighted by Crippen LogP contribution is -2.46. The Morgan fingerprint density at radius 1 is 1.24 bits per heavy atom. The topological polar surface area (TPSA) is 24.5 Å². The smallest absolute Gasteiger partial charge is 0.0565 e. The maximum atomic E-state index is 5.78. The molecule has 0 radical (unpaired) electrons. The molecule has 0 spiro atoms. The summed E-state index contributed by atoms with van der Waals surface area (Å²) >= 11 is 0. The van der Waals surface area contributed by atoms with Crippen molar-refractivity contribution < 1.29 is 4.74 Å². The minimum absolute atomic E-state index is 0.419. The molecule has 3 heteroatoms. The van der Waals surface area contributed by atoms with Crippen molar-refractivity contribution in [2.75, 3.05) is 19.6 Å². The molecule has 3 nitrogen and oxygen atoms in total. The van der Waals surface area contributed by atoms with Crippen LogP contribution >= 0.6 is 0 Å². The molecule has 100 valence electrons. The lowest BCUT2D eigenvalue weighted by Gasteiger charge is -2.34. The lowest BCUT2D eigenvalue weighted by atomic mass is 9.99. The number of nitrogens with zero attached hydrogens (tertiary/aromatic N) is 1. The van der Waals surface area contributed by atoms with E-state index in [1.807, 2.05) is 0 Å². The average molecular weight is 240 g/mol. The van der Waals surface area contributed by atoms with E-state index in [1.54, 1.807) is 0 Å². The van der Waals surface area contributed by atoms with Crippen LogP contribution in [0, 0.1) is 0 Å². The van der Waals surface area contributed by atoms with Crippen LogP contribution in [0.2, 0.25) is 0 Å². The molecule has 3 atom stereocenters. The highest BCUT2D eigenvalue weighted by atomic mass is 16.5. The van der Waals surface area contributed by atoms with Crippen molar-refractivity contribution in [3.63, 3.8) is 0 Å². The van der Waals surface area contributed by atoms with E-state index in [0.717, 1.165) is 12.6 Å². The maximum Gasteiger partial charge on any atom is 0.0565 e. The van der Waals surface area contributed by atoms with E-state index in [-0.39, 0.29) is 0 Å². The average Bonchev–Trinajstić information content (AvgIpc) is 2.72. The monoisotopic (exact) mass is 240 g/mol. The summed E-state index contributed by atoms with van der Waals surface area (Å²) in [6.45, 7) is 10.3. The van der Waals surface area contributed by atoms with Gasteiger partial charge in [0.15, 0.2) is 0 Å². The van der Waals surface area contributed by atoms with Gasteiger partial charge in [0.25, 0.3) is 0 Å².